The highest BCUT2D eigenvalue weighted by molar-refractivity contribution is 9.10. The first-order valence-electron chi connectivity index (χ1n) is 10.2. The Hall–Kier alpha value is -2.41. The fourth-order valence-corrected chi connectivity index (χ4v) is 3.87. The van der Waals surface area contributed by atoms with Crippen molar-refractivity contribution in [2.45, 2.75) is 6.10 Å². The van der Waals surface area contributed by atoms with Gasteiger partial charge in [-0.2, -0.15) is 0 Å². The maximum Gasteiger partial charge on any atom is 0.128 e. The van der Waals surface area contributed by atoms with E-state index in [1.165, 1.54) is 5.56 Å². The highest BCUT2D eigenvalue weighted by Gasteiger charge is 2.20. The van der Waals surface area contributed by atoms with Crippen molar-refractivity contribution in [2.24, 2.45) is 0 Å². The first-order chi connectivity index (χ1) is 14.7. The fourth-order valence-electron chi connectivity index (χ4n) is 3.63. The van der Waals surface area contributed by atoms with Gasteiger partial charge in [-0.15, -0.1) is 0 Å². The summed E-state index contributed by atoms with van der Waals surface area (Å²) in [5, 5.41) is 10.4. The van der Waals surface area contributed by atoms with Gasteiger partial charge in [0.25, 0.3) is 0 Å². The van der Waals surface area contributed by atoms with Crippen LogP contribution in [-0.4, -0.2) is 60.4 Å². The lowest BCUT2D eigenvalue weighted by Gasteiger charge is -2.36. The van der Waals surface area contributed by atoms with Crippen LogP contribution in [0.25, 0.3) is 11.1 Å². The Bertz CT molecular complexity index is 911. The van der Waals surface area contributed by atoms with E-state index in [4.69, 9.17) is 4.74 Å². The molecule has 1 atom stereocenters. The van der Waals surface area contributed by atoms with Gasteiger partial charge in [-0.3, -0.25) is 4.90 Å². The van der Waals surface area contributed by atoms with E-state index in [2.05, 4.69) is 42.8 Å². The van der Waals surface area contributed by atoms with Gasteiger partial charge in [0.05, 0.1) is 0 Å². The second-order valence-electron chi connectivity index (χ2n) is 7.48. The molecule has 4 rings (SSSR count). The van der Waals surface area contributed by atoms with Crippen molar-refractivity contribution in [3.63, 3.8) is 0 Å². The highest BCUT2D eigenvalue weighted by Crippen LogP contribution is 2.22. The Kier molecular flexibility index (Phi) is 7.00. The average molecular weight is 468 g/mol. The van der Waals surface area contributed by atoms with Gasteiger partial charge in [0, 0.05) is 43.4 Å². The summed E-state index contributed by atoms with van der Waals surface area (Å²) in [6.45, 7) is 4.52. The van der Waals surface area contributed by atoms with Gasteiger partial charge in [0.1, 0.15) is 24.3 Å². The Morgan fingerprint density at radius 2 is 1.60 bits per heavy atom. The molecule has 2 aromatic carbocycles. The Morgan fingerprint density at radius 3 is 2.27 bits per heavy atom. The molecule has 1 unspecified atom stereocenters. The molecule has 6 heteroatoms. The summed E-state index contributed by atoms with van der Waals surface area (Å²) in [5.41, 5.74) is 2.34. The summed E-state index contributed by atoms with van der Waals surface area (Å²) in [7, 11) is 0. The molecule has 1 aliphatic heterocycles. The van der Waals surface area contributed by atoms with Gasteiger partial charge in [-0.05, 0) is 51.3 Å². The maximum absolute atomic E-state index is 10.4. The number of hydrogen-bond donors (Lipinski definition) is 1. The lowest BCUT2D eigenvalue weighted by molar-refractivity contribution is 0.0662. The van der Waals surface area contributed by atoms with Crippen LogP contribution in [0.1, 0.15) is 0 Å². The predicted octanol–water partition coefficient (Wildman–Crippen LogP) is 4.07. The zero-order valence-corrected chi connectivity index (χ0v) is 18.4. The minimum Gasteiger partial charge on any atom is -0.491 e. The van der Waals surface area contributed by atoms with E-state index < -0.39 is 6.10 Å². The Balaban J connectivity index is 1.21. The molecular weight excluding hydrogens is 442 g/mol. The second-order valence-corrected chi connectivity index (χ2v) is 8.39. The molecule has 1 saturated heterocycles. The number of aliphatic hydroxyl groups excluding tert-OH is 1. The number of piperazine rings is 1. The van der Waals surface area contributed by atoms with Crippen molar-refractivity contribution in [3.8, 4) is 16.9 Å². The molecule has 3 aromatic rings. The monoisotopic (exact) mass is 467 g/mol. The third kappa shape index (κ3) is 5.59. The van der Waals surface area contributed by atoms with Gasteiger partial charge in [-0.1, -0.05) is 42.5 Å². The molecule has 2 heterocycles. The fraction of sp³-hybridized carbons (Fsp3) is 0.292. The van der Waals surface area contributed by atoms with Crippen LogP contribution < -0.4 is 9.64 Å². The van der Waals surface area contributed by atoms with Crippen molar-refractivity contribution in [1.82, 2.24) is 9.88 Å². The van der Waals surface area contributed by atoms with Crippen LogP contribution in [0.15, 0.2) is 77.4 Å². The molecule has 0 spiro atoms. The molecule has 5 nitrogen and oxygen atoms in total. The minimum atomic E-state index is -0.517. The lowest BCUT2D eigenvalue weighted by Crippen LogP contribution is -2.49. The number of benzene rings is 2. The van der Waals surface area contributed by atoms with E-state index in [0.29, 0.717) is 13.2 Å². The minimum absolute atomic E-state index is 0.291. The highest BCUT2D eigenvalue weighted by atomic mass is 79.9. The topological polar surface area (TPSA) is 48.8 Å². The van der Waals surface area contributed by atoms with Crippen LogP contribution in [0.4, 0.5) is 5.82 Å². The van der Waals surface area contributed by atoms with Gasteiger partial charge in [-0.25, -0.2) is 4.98 Å². The first kappa shape index (κ1) is 20.8. The number of nitrogens with zero attached hydrogens (tertiary/aromatic N) is 3. The van der Waals surface area contributed by atoms with Crippen LogP contribution >= 0.6 is 15.9 Å². The van der Waals surface area contributed by atoms with Gasteiger partial charge >= 0.3 is 0 Å². The molecule has 0 bridgehead atoms. The van der Waals surface area contributed by atoms with Crippen LogP contribution in [0.2, 0.25) is 0 Å². The molecule has 1 aromatic heterocycles. The predicted molar refractivity (Wildman–Crippen MR) is 124 cm³/mol. The van der Waals surface area contributed by atoms with Gasteiger partial charge in [0.15, 0.2) is 0 Å². The molecule has 156 valence electrons. The number of anilines is 1. The standard InChI is InChI=1S/C24H26BrN3O2/c25-21-8-11-24(26-16-21)28-14-12-27(13-15-28)17-22(29)18-30-23-9-6-20(7-10-23)19-4-2-1-3-5-19/h1-11,16,22,29H,12-15,17-18H2. The molecule has 30 heavy (non-hydrogen) atoms. The number of aromatic nitrogens is 1. The number of pyridine rings is 1. The number of ether oxygens (including phenoxy) is 1. The maximum atomic E-state index is 10.4. The number of β-amino-alcohol motifs (C(OH)–C–C–N with tert-alkyl or cyclic N) is 1. The summed E-state index contributed by atoms with van der Waals surface area (Å²) in [5.74, 6) is 1.78. The molecule has 0 radical (unpaired) electrons. The zero-order chi connectivity index (χ0) is 20.8. The largest absolute Gasteiger partial charge is 0.491 e. The summed E-state index contributed by atoms with van der Waals surface area (Å²) in [6.07, 6.45) is 1.31. The average Bonchev–Trinajstić information content (AvgIpc) is 2.80. The summed E-state index contributed by atoms with van der Waals surface area (Å²) in [4.78, 5) is 9.03. The SMILES string of the molecule is OC(COc1ccc(-c2ccccc2)cc1)CN1CCN(c2ccc(Br)cn2)CC1. The Morgan fingerprint density at radius 1 is 0.900 bits per heavy atom. The van der Waals surface area contributed by atoms with E-state index >= 15 is 0 Å². The molecular formula is C24H26BrN3O2. The normalized spacial score (nSPS) is 15.7. The number of rotatable bonds is 7. The number of halogens is 1. The molecule has 0 saturated carbocycles. The lowest BCUT2D eigenvalue weighted by atomic mass is 10.1. The van der Waals surface area contributed by atoms with Crippen molar-refractivity contribution in [2.75, 3.05) is 44.2 Å². The van der Waals surface area contributed by atoms with E-state index in [9.17, 15) is 5.11 Å². The molecule has 1 fully saturated rings. The Labute approximate surface area is 186 Å². The molecule has 1 aliphatic rings. The van der Waals surface area contributed by atoms with Crippen LogP contribution in [0.5, 0.6) is 5.75 Å². The van der Waals surface area contributed by atoms with Crippen LogP contribution in [0.3, 0.4) is 0 Å². The van der Waals surface area contributed by atoms with E-state index in [1.807, 2.05) is 60.8 Å². The van der Waals surface area contributed by atoms with Crippen molar-refractivity contribution < 1.29 is 9.84 Å². The summed E-state index contributed by atoms with van der Waals surface area (Å²) < 4.78 is 6.79. The third-order valence-electron chi connectivity index (χ3n) is 5.28. The van der Waals surface area contributed by atoms with E-state index in [0.717, 1.165) is 47.8 Å². The van der Waals surface area contributed by atoms with Crippen LogP contribution in [0, 0.1) is 0 Å². The first-order valence-corrected chi connectivity index (χ1v) is 11.0. The van der Waals surface area contributed by atoms with E-state index in [1.54, 1.807) is 0 Å². The summed E-state index contributed by atoms with van der Waals surface area (Å²) >= 11 is 3.42. The van der Waals surface area contributed by atoms with Crippen LogP contribution in [-0.2, 0) is 0 Å². The van der Waals surface area contributed by atoms with Gasteiger partial charge in [0.2, 0.25) is 0 Å². The van der Waals surface area contributed by atoms with Crippen molar-refractivity contribution in [1.29, 1.82) is 0 Å². The molecule has 0 amide bonds. The number of hydrogen-bond acceptors (Lipinski definition) is 5. The van der Waals surface area contributed by atoms with Gasteiger partial charge < -0.3 is 14.7 Å². The smallest absolute Gasteiger partial charge is 0.128 e. The molecule has 1 N–H and O–H groups in total. The second kappa shape index (κ2) is 10.1. The number of aliphatic hydroxyl groups is 1. The van der Waals surface area contributed by atoms with E-state index in [-0.39, 0.29) is 0 Å². The molecule has 0 aliphatic carbocycles. The van der Waals surface area contributed by atoms with Crippen molar-refractivity contribution >= 4 is 21.7 Å². The van der Waals surface area contributed by atoms with Crippen molar-refractivity contribution in [3.05, 3.63) is 77.4 Å². The summed E-state index contributed by atoms with van der Waals surface area (Å²) in [6, 6.07) is 22.3. The quantitative estimate of drug-likeness (QED) is 0.567. The third-order valence-corrected chi connectivity index (χ3v) is 5.75. The zero-order valence-electron chi connectivity index (χ0n) is 16.8.